The van der Waals surface area contributed by atoms with Crippen molar-refractivity contribution in [3.8, 4) is 0 Å². The van der Waals surface area contributed by atoms with Gasteiger partial charge in [-0.15, -0.1) is 0 Å². The summed E-state index contributed by atoms with van der Waals surface area (Å²) in [4.78, 5) is 14.6. The maximum Gasteiger partial charge on any atom is 0.317 e. The van der Waals surface area contributed by atoms with Crippen LogP contribution < -0.4 is 5.32 Å². The highest BCUT2D eigenvalue weighted by atomic mass is 16.3. The molecule has 3 N–H and O–H groups in total. The van der Waals surface area contributed by atoms with Gasteiger partial charge in [0.15, 0.2) is 0 Å². The number of fused-ring (bicyclic) bond motifs is 1. The molecule has 1 aromatic heterocycles. The number of rotatable bonds is 5. The van der Waals surface area contributed by atoms with Crippen molar-refractivity contribution in [1.29, 1.82) is 0 Å². The first-order valence-electron chi connectivity index (χ1n) is 9.02. The molecule has 1 aromatic carbocycles. The minimum Gasteiger partial charge on any atom is -0.387 e. The van der Waals surface area contributed by atoms with Gasteiger partial charge in [0, 0.05) is 17.8 Å². The van der Waals surface area contributed by atoms with E-state index < -0.39 is 6.10 Å². The fourth-order valence-electron chi connectivity index (χ4n) is 3.55. The van der Waals surface area contributed by atoms with Crippen molar-refractivity contribution in [2.75, 3.05) is 6.54 Å². The Labute approximate surface area is 147 Å². The molecule has 1 heterocycles. The number of nitrogens with one attached hydrogen (secondary N) is 2. The number of carbonyl (C=O) groups is 1. The molecule has 2 aliphatic rings. The predicted octanol–water partition coefficient (Wildman–Crippen LogP) is 2.17. The number of amides is 2. The number of carbonyl (C=O) groups excluding carboxylic acids is 1. The zero-order valence-corrected chi connectivity index (χ0v) is 14.2. The number of H-pyrrole nitrogens is 1. The number of aliphatic hydroxyl groups is 1. The molecule has 2 aliphatic carbocycles. The Morgan fingerprint density at radius 1 is 1.32 bits per heavy atom. The molecule has 0 spiro atoms. The number of aromatic nitrogens is 2. The lowest BCUT2D eigenvalue weighted by Gasteiger charge is -2.29. The van der Waals surface area contributed by atoms with E-state index in [4.69, 9.17) is 0 Å². The number of hydrogen-bond donors (Lipinski definition) is 3. The van der Waals surface area contributed by atoms with Crippen LogP contribution in [0.2, 0.25) is 0 Å². The third kappa shape index (κ3) is 3.69. The van der Waals surface area contributed by atoms with Gasteiger partial charge in [0.1, 0.15) is 0 Å². The molecule has 6 nitrogen and oxygen atoms in total. The summed E-state index contributed by atoms with van der Waals surface area (Å²) in [6.07, 6.45) is 5.89. The lowest BCUT2D eigenvalue weighted by atomic mass is 9.94. The summed E-state index contributed by atoms with van der Waals surface area (Å²) in [6.45, 7) is 0.337. The first-order chi connectivity index (χ1) is 12.2. The van der Waals surface area contributed by atoms with Crippen molar-refractivity contribution < 1.29 is 9.90 Å². The SMILES string of the molecule is O=C(N[C@H]1CCc2[nH]ncc2C1)N(C[C@H](O)c1ccccc1)C1CC1. The number of aromatic amines is 1. The van der Waals surface area contributed by atoms with Crippen LogP contribution >= 0.6 is 0 Å². The fraction of sp³-hybridized carbons (Fsp3) is 0.474. The molecule has 132 valence electrons. The van der Waals surface area contributed by atoms with E-state index in [-0.39, 0.29) is 18.1 Å². The van der Waals surface area contributed by atoms with Crippen LogP contribution in [0.4, 0.5) is 4.79 Å². The number of hydrogen-bond acceptors (Lipinski definition) is 3. The molecular weight excluding hydrogens is 316 g/mol. The zero-order valence-electron chi connectivity index (χ0n) is 14.2. The topological polar surface area (TPSA) is 81.2 Å². The third-order valence-corrected chi connectivity index (χ3v) is 5.15. The lowest BCUT2D eigenvalue weighted by Crippen LogP contribution is -2.48. The standard InChI is InChI=1S/C19H24N4O2/c24-18(13-4-2-1-3-5-13)12-23(16-7-8-16)19(25)21-15-6-9-17-14(10-15)11-20-22-17/h1-5,11,15-16,18,24H,6-10,12H2,(H,20,22)(H,21,25)/t15-,18-/m0/s1. The molecule has 0 radical (unpaired) electrons. The minimum absolute atomic E-state index is 0.0607. The Morgan fingerprint density at radius 3 is 2.88 bits per heavy atom. The second kappa shape index (κ2) is 6.88. The molecule has 0 saturated heterocycles. The lowest BCUT2D eigenvalue weighted by molar-refractivity contribution is 0.116. The zero-order chi connectivity index (χ0) is 17.2. The Morgan fingerprint density at radius 2 is 2.12 bits per heavy atom. The van der Waals surface area contributed by atoms with Gasteiger partial charge in [-0.2, -0.15) is 5.10 Å². The summed E-state index contributed by atoms with van der Waals surface area (Å²) in [5.41, 5.74) is 3.23. The largest absolute Gasteiger partial charge is 0.387 e. The summed E-state index contributed by atoms with van der Waals surface area (Å²) >= 11 is 0. The Hall–Kier alpha value is -2.34. The van der Waals surface area contributed by atoms with Gasteiger partial charge in [0.25, 0.3) is 0 Å². The summed E-state index contributed by atoms with van der Waals surface area (Å²) < 4.78 is 0. The van der Waals surface area contributed by atoms with Crippen molar-refractivity contribution in [1.82, 2.24) is 20.4 Å². The van der Waals surface area contributed by atoms with Gasteiger partial charge < -0.3 is 15.3 Å². The molecule has 1 fully saturated rings. The Balaban J connectivity index is 1.38. The number of aryl methyl sites for hydroxylation is 1. The van der Waals surface area contributed by atoms with E-state index in [2.05, 4.69) is 15.5 Å². The smallest absolute Gasteiger partial charge is 0.317 e. The van der Waals surface area contributed by atoms with Crippen LogP contribution in [0.5, 0.6) is 0 Å². The number of benzene rings is 1. The van der Waals surface area contributed by atoms with Crippen molar-refractivity contribution >= 4 is 6.03 Å². The molecule has 2 amide bonds. The summed E-state index contributed by atoms with van der Waals surface area (Å²) in [5.74, 6) is 0. The summed E-state index contributed by atoms with van der Waals surface area (Å²) in [6, 6.07) is 9.86. The second-order valence-corrected chi connectivity index (χ2v) is 7.07. The molecule has 0 bridgehead atoms. The molecule has 4 rings (SSSR count). The van der Waals surface area contributed by atoms with Gasteiger partial charge >= 0.3 is 6.03 Å². The van der Waals surface area contributed by atoms with Crippen LogP contribution in [-0.4, -0.2) is 44.9 Å². The average Bonchev–Trinajstić information content (AvgIpc) is 3.37. The van der Waals surface area contributed by atoms with Crippen molar-refractivity contribution in [3.05, 3.63) is 53.3 Å². The normalized spacial score (nSPS) is 20.6. The van der Waals surface area contributed by atoms with Gasteiger partial charge in [-0.25, -0.2) is 4.79 Å². The molecule has 6 heteroatoms. The first-order valence-corrected chi connectivity index (χ1v) is 9.02. The van der Waals surface area contributed by atoms with E-state index >= 15 is 0 Å². The maximum absolute atomic E-state index is 12.8. The third-order valence-electron chi connectivity index (χ3n) is 5.15. The highest BCUT2D eigenvalue weighted by molar-refractivity contribution is 5.75. The monoisotopic (exact) mass is 340 g/mol. The van der Waals surface area contributed by atoms with Gasteiger partial charge in [-0.3, -0.25) is 5.10 Å². The van der Waals surface area contributed by atoms with Crippen molar-refractivity contribution in [3.63, 3.8) is 0 Å². The van der Waals surface area contributed by atoms with Gasteiger partial charge in [-0.1, -0.05) is 30.3 Å². The maximum atomic E-state index is 12.8. The average molecular weight is 340 g/mol. The molecule has 2 atom stereocenters. The highest BCUT2D eigenvalue weighted by Gasteiger charge is 2.35. The van der Waals surface area contributed by atoms with Gasteiger partial charge in [-0.05, 0) is 43.2 Å². The van der Waals surface area contributed by atoms with E-state index in [0.717, 1.165) is 37.7 Å². The molecule has 25 heavy (non-hydrogen) atoms. The van der Waals surface area contributed by atoms with Gasteiger partial charge in [0.05, 0.1) is 18.8 Å². The summed E-state index contributed by atoms with van der Waals surface area (Å²) in [7, 11) is 0. The van der Waals surface area contributed by atoms with Crippen molar-refractivity contribution in [2.24, 2.45) is 0 Å². The van der Waals surface area contributed by atoms with Gasteiger partial charge in [0.2, 0.25) is 0 Å². The van der Waals surface area contributed by atoms with Crippen LogP contribution in [0.3, 0.4) is 0 Å². The van der Waals surface area contributed by atoms with E-state index in [1.54, 1.807) is 0 Å². The molecule has 2 aromatic rings. The van der Waals surface area contributed by atoms with E-state index in [0.29, 0.717) is 6.54 Å². The molecule has 0 unspecified atom stereocenters. The fourth-order valence-corrected chi connectivity index (χ4v) is 3.55. The van der Waals surface area contributed by atoms with Crippen LogP contribution in [-0.2, 0) is 12.8 Å². The molecule has 1 saturated carbocycles. The van der Waals surface area contributed by atoms with Crippen molar-refractivity contribution in [2.45, 2.75) is 50.3 Å². The second-order valence-electron chi connectivity index (χ2n) is 7.07. The highest BCUT2D eigenvalue weighted by Crippen LogP contribution is 2.29. The number of aliphatic hydroxyl groups excluding tert-OH is 1. The Kier molecular flexibility index (Phi) is 4.44. The quantitative estimate of drug-likeness (QED) is 0.780. The van der Waals surface area contributed by atoms with Crippen LogP contribution in [0, 0.1) is 0 Å². The number of urea groups is 1. The Bertz CT molecular complexity index is 726. The van der Waals surface area contributed by atoms with E-state index in [1.807, 2.05) is 41.4 Å². The number of nitrogens with zero attached hydrogens (tertiary/aromatic N) is 2. The first kappa shape index (κ1) is 16.1. The molecular formula is C19H24N4O2. The van der Waals surface area contributed by atoms with E-state index in [1.165, 1.54) is 11.3 Å². The van der Waals surface area contributed by atoms with Crippen LogP contribution in [0.15, 0.2) is 36.5 Å². The van der Waals surface area contributed by atoms with E-state index in [9.17, 15) is 9.90 Å². The predicted molar refractivity (Wildman–Crippen MR) is 94.1 cm³/mol. The molecule has 0 aliphatic heterocycles. The summed E-state index contributed by atoms with van der Waals surface area (Å²) in [5, 5.41) is 20.8. The van der Waals surface area contributed by atoms with Crippen LogP contribution in [0.25, 0.3) is 0 Å². The minimum atomic E-state index is -0.653. The van der Waals surface area contributed by atoms with Crippen LogP contribution in [0.1, 0.15) is 42.2 Å².